The van der Waals surface area contributed by atoms with Gasteiger partial charge in [-0.05, 0) is 44.9 Å². The van der Waals surface area contributed by atoms with Crippen LogP contribution in [0, 0.1) is 0 Å². The SMILES string of the molecule is COC[C@@H]1CNC[C@H](C(=O)N(C2CC2)[C@H](C)c2cn(CCCN)c3ncccc23)O1. The summed E-state index contributed by atoms with van der Waals surface area (Å²) in [6, 6.07) is 4.27. The molecule has 1 amide bonds. The van der Waals surface area contributed by atoms with E-state index < -0.39 is 6.10 Å². The Bertz CT molecular complexity index is 864. The van der Waals surface area contributed by atoms with Gasteiger partial charge in [-0.25, -0.2) is 4.98 Å². The fourth-order valence-corrected chi connectivity index (χ4v) is 4.40. The van der Waals surface area contributed by atoms with Gasteiger partial charge in [0.15, 0.2) is 0 Å². The predicted molar refractivity (Wildman–Crippen MR) is 115 cm³/mol. The number of nitrogens with two attached hydrogens (primary N) is 1. The number of rotatable bonds is 9. The van der Waals surface area contributed by atoms with Crippen molar-refractivity contribution in [3.8, 4) is 0 Å². The van der Waals surface area contributed by atoms with Crippen LogP contribution in [0.2, 0.25) is 0 Å². The monoisotopic (exact) mass is 415 g/mol. The minimum absolute atomic E-state index is 0.0535. The van der Waals surface area contributed by atoms with E-state index in [-0.39, 0.29) is 24.1 Å². The van der Waals surface area contributed by atoms with Gasteiger partial charge in [-0.2, -0.15) is 0 Å². The normalized spacial score (nSPS) is 22.9. The molecule has 1 saturated carbocycles. The van der Waals surface area contributed by atoms with Gasteiger partial charge in [0.05, 0.1) is 18.8 Å². The topological polar surface area (TPSA) is 94.6 Å². The molecular weight excluding hydrogens is 382 g/mol. The van der Waals surface area contributed by atoms with Crippen LogP contribution < -0.4 is 11.1 Å². The lowest BCUT2D eigenvalue weighted by Gasteiger charge is -2.36. The van der Waals surface area contributed by atoms with Crippen molar-refractivity contribution < 1.29 is 14.3 Å². The second kappa shape index (κ2) is 9.43. The van der Waals surface area contributed by atoms with E-state index in [4.69, 9.17) is 15.2 Å². The maximum Gasteiger partial charge on any atom is 0.253 e. The summed E-state index contributed by atoms with van der Waals surface area (Å²) >= 11 is 0. The van der Waals surface area contributed by atoms with Crippen LogP contribution in [0.4, 0.5) is 0 Å². The minimum atomic E-state index is -0.481. The van der Waals surface area contributed by atoms with Crippen molar-refractivity contribution in [3.05, 3.63) is 30.1 Å². The van der Waals surface area contributed by atoms with E-state index in [1.807, 2.05) is 17.2 Å². The molecule has 2 fully saturated rings. The molecule has 8 nitrogen and oxygen atoms in total. The molecule has 8 heteroatoms. The van der Waals surface area contributed by atoms with Crippen molar-refractivity contribution in [1.29, 1.82) is 0 Å². The van der Waals surface area contributed by atoms with E-state index in [1.54, 1.807) is 7.11 Å². The number of morpholine rings is 1. The quantitative estimate of drug-likeness (QED) is 0.644. The molecule has 4 rings (SSSR count). The Morgan fingerprint density at radius 2 is 2.30 bits per heavy atom. The smallest absolute Gasteiger partial charge is 0.253 e. The predicted octanol–water partition coefficient (Wildman–Crippen LogP) is 1.44. The number of hydrogen-bond donors (Lipinski definition) is 2. The summed E-state index contributed by atoms with van der Waals surface area (Å²) in [6.07, 6.45) is 6.36. The van der Waals surface area contributed by atoms with Gasteiger partial charge in [0.1, 0.15) is 11.8 Å². The zero-order chi connectivity index (χ0) is 21.1. The van der Waals surface area contributed by atoms with E-state index in [0.717, 1.165) is 42.4 Å². The lowest BCUT2D eigenvalue weighted by molar-refractivity contribution is -0.156. The Morgan fingerprint density at radius 1 is 1.47 bits per heavy atom. The Kier molecular flexibility index (Phi) is 6.67. The third kappa shape index (κ3) is 4.37. The van der Waals surface area contributed by atoms with Crippen LogP contribution in [0.3, 0.4) is 0 Å². The number of nitrogens with one attached hydrogen (secondary N) is 1. The number of hydrogen-bond acceptors (Lipinski definition) is 6. The summed E-state index contributed by atoms with van der Waals surface area (Å²) < 4.78 is 13.5. The lowest BCUT2D eigenvalue weighted by Crippen LogP contribution is -2.54. The molecule has 0 spiro atoms. The van der Waals surface area contributed by atoms with Gasteiger partial charge in [-0.15, -0.1) is 0 Å². The van der Waals surface area contributed by atoms with Crippen molar-refractivity contribution in [2.45, 2.75) is 57.0 Å². The van der Waals surface area contributed by atoms with Crippen LogP contribution in [-0.2, 0) is 20.8 Å². The summed E-state index contributed by atoms with van der Waals surface area (Å²) in [7, 11) is 1.65. The van der Waals surface area contributed by atoms with Gasteiger partial charge in [0, 0.05) is 56.1 Å². The summed E-state index contributed by atoms with van der Waals surface area (Å²) in [5.74, 6) is 0.0602. The van der Waals surface area contributed by atoms with Crippen LogP contribution in [0.1, 0.15) is 37.8 Å². The molecule has 1 saturated heterocycles. The first-order valence-electron chi connectivity index (χ1n) is 10.9. The Hall–Kier alpha value is -2.00. The van der Waals surface area contributed by atoms with Crippen LogP contribution in [0.15, 0.2) is 24.5 Å². The second-order valence-corrected chi connectivity index (χ2v) is 8.31. The molecule has 0 bridgehead atoms. The largest absolute Gasteiger partial charge is 0.382 e. The molecule has 3 N–H and O–H groups in total. The molecule has 30 heavy (non-hydrogen) atoms. The first-order chi connectivity index (χ1) is 14.6. The lowest BCUT2D eigenvalue weighted by atomic mass is 10.1. The average molecular weight is 416 g/mol. The summed E-state index contributed by atoms with van der Waals surface area (Å²) in [5.41, 5.74) is 7.81. The zero-order valence-corrected chi connectivity index (χ0v) is 17.9. The fraction of sp³-hybridized carbons (Fsp3) is 0.636. The first kappa shape index (κ1) is 21.2. The van der Waals surface area contributed by atoms with E-state index in [0.29, 0.717) is 26.2 Å². The number of methoxy groups -OCH3 is 1. The molecule has 3 heterocycles. The van der Waals surface area contributed by atoms with E-state index in [9.17, 15) is 4.79 Å². The Labute approximate surface area is 177 Å². The number of aryl methyl sites for hydroxylation is 1. The standard InChI is InChI=1S/C22H33N5O3/c1-15(19-13-26(10-4-8-23)21-18(19)5-3-9-25-21)27(16-6-7-16)22(28)20-12-24-11-17(30-20)14-29-2/h3,5,9,13,15-17,20,24H,4,6-8,10-12,14,23H2,1-2H3/t15-,17+,20-/m1/s1. The third-order valence-electron chi connectivity index (χ3n) is 6.02. The molecular formula is C22H33N5O3. The van der Waals surface area contributed by atoms with Gasteiger partial charge >= 0.3 is 0 Å². The molecule has 1 aliphatic heterocycles. The van der Waals surface area contributed by atoms with Crippen molar-refractivity contribution >= 4 is 16.9 Å². The maximum absolute atomic E-state index is 13.5. The summed E-state index contributed by atoms with van der Waals surface area (Å²) in [5, 5.41) is 4.42. The molecule has 164 valence electrons. The molecule has 0 unspecified atom stereocenters. The minimum Gasteiger partial charge on any atom is -0.382 e. The van der Waals surface area contributed by atoms with Crippen LogP contribution in [0.5, 0.6) is 0 Å². The highest BCUT2D eigenvalue weighted by Gasteiger charge is 2.41. The number of amides is 1. The van der Waals surface area contributed by atoms with Gasteiger partial charge in [0.25, 0.3) is 5.91 Å². The Morgan fingerprint density at radius 3 is 3.03 bits per heavy atom. The highest BCUT2D eigenvalue weighted by atomic mass is 16.5. The van der Waals surface area contributed by atoms with Crippen LogP contribution in [0.25, 0.3) is 11.0 Å². The Balaban J connectivity index is 1.60. The number of carbonyl (C=O) groups is 1. The van der Waals surface area contributed by atoms with Crippen LogP contribution in [-0.4, -0.2) is 72.0 Å². The molecule has 2 aromatic heterocycles. The van der Waals surface area contributed by atoms with Crippen molar-refractivity contribution in [3.63, 3.8) is 0 Å². The number of pyridine rings is 1. The summed E-state index contributed by atoms with van der Waals surface area (Å²) in [4.78, 5) is 20.2. The number of fused-ring (bicyclic) bond motifs is 1. The van der Waals surface area contributed by atoms with Crippen LogP contribution >= 0.6 is 0 Å². The van der Waals surface area contributed by atoms with Gasteiger partial charge in [-0.3, -0.25) is 4.79 Å². The van der Waals surface area contributed by atoms with Crippen molar-refractivity contribution in [1.82, 2.24) is 19.8 Å². The molecule has 0 aromatic carbocycles. The summed E-state index contributed by atoms with van der Waals surface area (Å²) in [6.45, 7) is 5.30. The molecule has 2 aliphatic rings. The first-order valence-corrected chi connectivity index (χ1v) is 10.9. The van der Waals surface area contributed by atoms with E-state index >= 15 is 0 Å². The molecule has 1 aliphatic carbocycles. The second-order valence-electron chi connectivity index (χ2n) is 8.31. The average Bonchev–Trinajstić information content (AvgIpc) is 3.53. The van der Waals surface area contributed by atoms with Crippen molar-refractivity contribution in [2.24, 2.45) is 5.73 Å². The number of nitrogens with zero attached hydrogens (tertiary/aromatic N) is 3. The molecule has 2 aromatic rings. The van der Waals surface area contributed by atoms with Crippen molar-refractivity contribution in [2.75, 3.05) is 33.4 Å². The molecule has 3 atom stereocenters. The highest BCUT2D eigenvalue weighted by Crippen LogP contribution is 2.38. The fourth-order valence-electron chi connectivity index (χ4n) is 4.40. The highest BCUT2D eigenvalue weighted by molar-refractivity contribution is 5.85. The maximum atomic E-state index is 13.5. The number of aromatic nitrogens is 2. The van der Waals surface area contributed by atoms with E-state index in [1.165, 1.54) is 0 Å². The van der Waals surface area contributed by atoms with E-state index in [2.05, 4.69) is 34.1 Å². The number of ether oxygens (including phenoxy) is 2. The zero-order valence-electron chi connectivity index (χ0n) is 17.9. The molecule has 0 radical (unpaired) electrons. The number of carbonyl (C=O) groups excluding carboxylic acids is 1. The van der Waals surface area contributed by atoms with Gasteiger partial charge < -0.3 is 30.0 Å². The third-order valence-corrected chi connectivity index (χ3v) is 6.02. The van der Waals surface area contributed by atoms with Gasteiger partial charge in [-0.1, -0.05) is 0 Å². The van der Waals surface area contributed by atoms with Gasteiger partial charge in [0.2, 0.25) is 0 Å².